The third kappa shape index (κ3) is 3.34. The molecule has 0 aliphatic carbocycles. The number of hydrogen-bond donors (Lipinski definition) is 0. The molecule has 0 bridgehead atoms. The van der Waals surface area contributed by atoms with E-state index in [1.54, 1.807) is 17.5 Å². The lowest BCUT2D eigenvalue weighted by atomic mass is 10.1. The van der Waals surface area contributed by atoms with Gasteiger partial charge >= 0.3 is 0 Å². The Balaban J connectivity index is 1.39. The molecule has 1 aliphatic heterocycles. The zero-order valence-electron chi connectivity index (χ0n) is 14.6. The van der Waals surface area contributed by atoms with Crippen molar-refractivity contribution >= 4 is 16.9 Å². The Morgan fingerprint density at radius 2 is 2.19 bits per heavy atom. The Morgan fingerprint density at radius 1 is 1.19 bits per heavy atom. The molecule has 7 nitrogen and oxygen atoms in total. The monoisotopic (exact) mass is 378 g/mol. The highest BCUT2D eigenvalue weighted by molar-refractivity contribution is 7.09. The Hall–Kier alpha value is -2.68. The van der Waals surface area contributed by atoms with Crippen LogP contribution in [0.5, 0.6) is 0 Å². The lowest BCUT2D eigenvalue weighted by molar-refractivity contribution is -0.0343. The lowest BCUT2D eigenvalue weighted by Gasteiger charge is -2.31. The van der Waals surface area contributed by atoms with Gasteiger partial charge in [-0.3, -0.25) is 9.88 Å². The summed E-state index contributed by atoms with van der Waals surface area (Å²) in [4.78, 5) is 10.9. The molecule has 1 aliphatic rings. The van der Waals surface area contributed by atoms with Gasteiger partial charge < -0.3 is 4.74 Å². The molecule has 4 aromatic rings. The lowest BCUT2D eigenvalue weighted by Crippen LogP contribution is -2.38. The number of nitrogens with zero attached hydrogens (tertiary/aromatic N) is 6. The summed E-state index contributed by atoms with van der Waals surface area (Å²) < 4.78 is 7.83. The summed E-state index contributed by atoms with van der Waals surface area (Å²) in [6.07, 6.45) is 7.37. The van der Waals surface area contributed by atoms with Gasteiger partial charge in [0.05, 0.1) is 18.7 Å². The highest BCUT2D eigenvalue weighted by Crippen LogP contribution is 2.27. The largest absolute Gasteiger partial charge is 0.369 e. The second-order valence-corrected chi connectivity index (χ2v) is 7.46. The van der Waals surface area contributed by atoms with Crippen LogP contribution in [0.3, 0.4) is 0 Å². The second kappa shape index (κ2) is 7.15. The first-order valence-corrected chi connectivity index (χ1v) is 9.72. The Labute approximate surface area is 160 Å². The molecule has 0 spiro atoms. The molecule has 0 radical (unpaired) electrons. The predicted molar refractivity (Wildman–Crippen MR) is 102 cm³/mol. The first-order chi connectivity index (χ1) is 13.4. The molecule has 5 heterocycles. The van der Waals surface area contributed by atoms with Crippen molar-refractivity contribution in [3.05, 3.63) is 65.1 Å². The molecule has 0 saturated carbocycles. The first kappa shape index (κ1) is 16.5. The minimum absolute atomic E-state index is 0.0829. The molecule has 136 valence electrons. The predicted octanol–water partition coefficient (Wildman–Crippen LogP) is 2.82. The standard InChI is InChI=1S/C19H18N6OS/c1-2-14(10-20-5-1)15-3-4-16-19(22-23-25(16)11-15)17-12-24(7-8-26-17)13-18-21-6-9-27-18/h1-6,9-11,17H,7-8,12-13H2. The van der Waals surface area contributed by atoms with Gasteiger partial charge in [0.1, 0.15) is 16.8 Å². The maximum absolute atomic E-state index is 6.01. The van der Waals surface area contributed by atoms with Crippen molar-refractivity contribution in [2.45, 2.75) is 12.6 Å². The number of thiazole rings is 1. The van der Waals surface area contributed by atoms with Crippen LogP contribution in [0.2, 0.25) is 0 Å². The van der Waals surface area contributed by atoms with Gasteiger partial charge in [-0.05, 0) is 12.1 Å². The van der Waals surface area contributed by atoms with E-state index in [4.69, 9.17) is 4.74 Å². The third-order valence-electron chi connectivity index (χ3n) is 4.73. The maximum Gasteiger partial charge on any atom is 0.121 e. The van der Waals surface area contributed by atoms with Crippen molar-refractivity contribution in [1.82, 2.24) is 29.7 Å². The fraction of sp³-hybridized carbons (Fsp3) is 0.263. The van der Waals surface area contributed by atoms with E-state index in [2.05, 4.69) is 37.3 Å². The van der Waals surface area contributed by atoms with E-state index in [9.17, 15) is 0 Å². The third-order valence-corrected chi connectivity index (χ3v) is 5.50. The minimum Gasteiger partial charge on any atom is -0.369 e. The molecule has 5 rings (SSSR count). The fourth-order valence-corrected chi connectivity index (χ4v) is 4.04. The zero-order chi connectivity index (χ0) is 18.1. The molecular formula is C19H18N6OS. The summed E-state index contributed by atoms with van der Waals surface area (Å²) in [6, 6.07) is 8.10. The Bertz CT molecular complexity index is 1030. The van der Waals surface area contributed by atoms with E-state index in [1.165, 1.54) is 0 Å². The van der Waals surface area contributed by atoms with Gasteiger partial charge in [0.15, 0.2) is 0 Å². The molecule has 1 atom stereocenters. The van der Waals surface area contributed by atoms with Crippen LogP contribution in [-0.2, 0) is 11.3 Å². The van der Waals surface area contributed by atoms with Crippen LogP contribution in [0.25, 0.3) is 16.6 Å². The molecule has 27 heavy (non-hydrogen) atoms. The summed E-state index contributed by atoms with van der Waals surface area (Å²) in [6.45, 7) is 3.23. The molecule has 8 heteroatoms. The van der Waals surface area contributed by atoms with Crippen molar-refractivity contribution in [1.29, 1.82) is 0 Å². The quantitative estimate of drug-likeness (QED) is 0.544. The Morgan fingerprint density at radius 3 is 3.04 bits per heavy atom. The fourth-order valence-electron chi connectivity index (χ4n) is 3.38. The second-order valence-electron chi connectivity index (χ2n) is 6.48. The van der Waals surface area contributed by atoms with Crippen molar-refractivity contribution in [2.75, 3.05) is 19.7 Å². The average molecular weight is 378 g/mol. The van der Waals surface area contributed by atoms with Gasteiger partial charge in [0.25, 0.3) is 0 Å². The van der Waals surface area contributed by atoms with Crippen LogP contribution < -0.4 is 0 Å². The highest BCUT2D eigenvalue weighted by Gasteiger charge is 2.26. The van der Waals surface area contributed by atoms with E-state index in [0.29, 0.717) is 6.61 Å². The summed E-state index contributed by atoms with van der Waals surface area (Å²) >= 11 is 1.69. The molecule has 1 saturated heterocycles. The molecule has 1 unspecified atom stereocenters. The summed E-state index contributed by atoms with van der Waals surface area (Å²) in [5.74, 6) is 0. The molecule has 0 amide bonds. The van der Waals surface area contributed by atoms with E-state index >= 15 is 0 Å². The molecule has 0 N–H and O–H groups in total. The summed E-state index contributed by atoms with van der Waals surface area (Å²) in [5.41, 5.74) is 3.97. The zero-order valence-corrected chi connectivity index (χ0v) is 15.4. The number of rotatable bonds is 4. The number of morpholine rings is 1. The number of pyridine rings is 2. The maximum atomic E-state index is 6.01. The number of aromatic nitrogens is 5. The van der Waals surface area contributed by atoms with Gasteiger partial charge in [-0.15, -0.1) is 16.4 Å². The smallest absolute Gasteiger partial charge is 0.121 e. The van der Waals surface area contributed by atoms with Crippen molar-refractivity contribution in [3.63, 3.8) is 0 Å². The highest BCUT2D eigenvalue weighted by atomic mass is 32.1. The van der Waals surface area contributed by atoms with E-state index in [1.807, 2.05) is 40.6 Å². The van der Waals surface area contributed by atoms with Crippen LogP contribution in [-0.4, -0.2) is 49.4 Å². The van der Waals surface area contributed by atoms with Crippen molar-refractivity contribution < 1.29 is 4.74 Å². The number of fused-ring (bicyclic) bond motifs is 1. The van der Waals surface area contributed by atoms with E-state index in [-0.39, 0.29) is 6.10 Å². The van der Waals surface area contributed by atoms with Crippen LogP contribution in [0, 0.1) is 0 Å². The molecular weight excluding hydrogens is 360 g/mol. The van der Waals surface area contributed by atoms with Gasteiger partial charge in [-0.1, -0.05) is 17.3 Å². The van der Waals surface area contributed by atoms with E-state index < -0.39 is 0 Å². The Kier molecular flexibility index (Phi) is 4.36. The SMILES string of the molecule is c1cncc(-c2ccc3c(C4CN(Cc5nccs5)CCO4)nnn3c2)c1. The summed E-state index contributed by atoms with van der Waals surface area (Å²) in [5, 5.41) is 11.9. The molecule has 4 aromatic heterocycles. The molecule has 0 aromatic carbocycles. The average Bonchev–Trinajstić information content (AvgIpc) is 3.38. The normalized spacial score (nSPS) is 18.1. The van der Waals surface area contributed by atoms with Crippen molar-refractivity contribution in [3.8, 4) is 11.1 Å². The van der Waals surface area contributed by atoms with Gasteiger partial charge in [0, 0.05) is 54.4 Å². The topological polar surface area (TPSA) is 68.4 Å². The van der Waals surface area contributed by atoms with Crippen molar-refractivity contribution in [2.24, 2.45) is 0 Å². The summed E-state index contributed by atoms with van der Waals surface area (Å²) in [7, 11) is 0. The van der Waals surface area contributed by atoms with Gasteiger partial charge in [-0.25, -0.2) is 9.50 Å². The first-order valence-electron chi connectivity index (χ1n) is 8.84. The van der Waals surface area contributed by atoms with Crippen LogP contribution in [0.1, 0.15) is 16.8 Å². The van der Waals surface area contributed by atoms with Crippen LogP contribution >= 0.6 is 11.3 Å². The van der Waals surface area contributed by atoms with Crippen LogP contribution in [0.15, 0.2) is 54.4 Å². The van der Waals surface area contributed by atoms with Gasteiger partial charge in [0.2, 0.25) is 0 Å². The van der Waals surface area contributed by atoms with Gasteiger partial charge in [-0.2, -0.15) is 0 Å². The number of ether oxygens (including phenoxy) is 1. The van der Waals surface area contributed by atoms with Crippen LogP contribution in [0.4, 0.5) is 0 Å². The molecule has 1 fully saturated rings. The number of hydrogen-bond acceptors (Lipinski definition) is 7. The minimum atomic E-state index is -0.0829. The van der Waals surface area contributed by atoms with E-state index in [0.717, 1.165) is 47.0 Å².